The highest BCUT2D eigenvalue weighted by Gasteiger charge is 2.17. The van der Waals surface area contributed by atoms with E-state index in [2.05, 4.69) is 4.72 Å². The quantitative estimate of drug-likeness (QED) is 0.856. The Morgan fingerprint density at radius 2 is 1.75 bits per heavy atom. The van der Waals surface area contributed by atoms with E-state index in [0.717, 1.165) is 12.1 Å². The van der Waals surface area contributed by atoms with Crippen molar-refractivity contribution >= 4 is 21.4 Å². The maximum atomic E-state index is 13.1. The molecule has 0 amide bonds. The van der Waals surface area contributed by atoms with Crippen molar-refractivity contribution in [2.75, 3.05) is 10.5 Å². The number of benzene rings is 2. The van der Waals surface area contributed by atoms with Crippen LogP contribution in [0.1, 0.15) is 5.56 Å². The lowest BCUT2D eigenvalue weighted by Crippen LogP contribution is -2.14. The summed E-state index contributed by atoms with van der Waals surface area (Å²) in [5.41, 5.74) is 6.92. The molecule has 0 atom stereocenters. The topological polar surface area (TPSA) is 72.2 Å². The second-order valence-electron chi connectivity index (χ2n) is 4.26. The van der Waals surface area contributed by atoms with Gasteiger partial charge < -0.3 is 5.73 Å². The molecule has 0 aliphatic carbocycles. The molecule has 0 aliphatic heterocycles. The summed E-state index contributed by atoms with van der Waals surface area (Å²) >= 11 is 0. The zero-order valence-electron chi connectivity index (χ0n) is 10.5. The Labute approximate surface area is 115 Å². The number of nitrogen functional groups attached to an aromatic ring is 1. The fraction of sp³-hybridized carbons (Fsp3) is 0.0769. The average molecular weight is 298 g/mol. The van der Waals surface area contributed by atoms with Crippen LogP contribution in [0.25, 0.3) is 0 Å². The molecule has 2 aromatic rings. The maximum absolute atomic E-state index is 13.1. The van der Waals surface area contributed by atoms with Crippen molar-refractivity contribution in [3.05, 3.63) is 53.6 Å². The molecule has 0 bridgehead atoms. The van der Waals surface area contributed by atoms with Gasteiger partial charge >= 0.3 is 0 Å². The Morgan fingerprint density at radius 1 is 1.05 bits per heavy atom. The number of sulfonamides is 1. The van der Waals surface area contributed by atoms with E-state index in [4.69, 9.17) is 5.73 Å². The zero-order valence-corrected chi connectivity index (χ0v) is 11.3. The van der Waals surface area contributed by atoms with Gasteiger partial charge in [0, 0.05) is 5.69 Å². The molecular weight excluding hydrogens is 286 g/mol. The predicted molar refractivity (Wildman–Crippen MR) is 72.8 cm³/mol. The van der Waals surface area contributed by atoms with Gasteiger partial charge in [0.2, 0.25) is 0 Å². The van der Waals surface area contributed by atoms with E-state index in [0.29, 0.717) is 17.3 Å². The molecule has 0 aromatic heterocycles. The normalized spacial score (nSPS) is 11.3. The Balaban J connectivity index is 2.40. The van der Waals surface area contributed by atoms with E-state index in [-0.39, 0.29) is 10.6 Å². The van der Waals surface area contributed by atoms with Gasteiger partial charge in [-0.1, -0.05) is 6.07 Å². The minimum atomic E-state index is -4.00. The first kappa shape index (κ1) is 14.3. The lowest BCUT2D eigenvalue weighted by Gasteiger charge is -2.11. The van der Waals surface area contributed by atoms with Crippen LogP contribution in [-0.2, 0) is 10.0 Å². The summed E-state index contributed by atoms with van der Waals surface area (Å²) in [7, 11) is -4.00. The average Bonchev–Trinajstić information content (AvgIpc) is 2.36. The monoisotopic (exact) mass is 298 g/mol. The number of nitrogens with one attached hydrogen (secondary N) is 1. The van der Waals surface area contributed by atoms with E-state index < -0.39 is 21.7 Å². The molecule has 0 heterocycles. The van der Waals surface area contributed by atoms with Gasteiger partial charge in [0.25, 0.3) is 10.0 Å². The summed E-state index contributed by atoms with van der Waals surface area (Å²) in [5, 5.41) is 0. The van der Waals surface area contributed by atoms with Crippen LogP contribution in [0.5, 0.6) is 0 Å². The van der Waals surface area contributed by atoms with E-state index in [1.807, 2.05) is 0 Å². The Kier molecular flexibility index (Phi) is 3.63. The van der Waals surface area contributed by atoms with Gasteiger partial charge in [-0.15, -0.1) is 0 Å². The molecule has 2 aromatic carbocycles. The molecule has 7 heteroatoms. The van der Waals surface area contributed by atoms with E-state index in [9.17, 15) is 17.2 Å². The first-order chi connectivity index (χ1) is 9.29. The van der Waals surface area contributed by atoms with Crippen molar-refractivity contribution in [2.45, 2.75) is 11.8 Å². The van der Waals surface area contributed by atoms with Crippen molar-refractivity contribution in [3.63, 3.8) is 0 Å². The molecule has 20 heavy (non-hydrogen) atoms. The summed E-state index contributed by atoms with van der Waals surface area (Å²) < 4.78 is 52.4. The third kappa shape index (κ3) is 2.88. The van der Waals surface area contributed by atoms with Crippen LogP contribution in [-0.4, -0.2) is 8.42 Å². The van der Waals surface area contributed by atoms with Crippen LogP contribution in [0.4, 0.5) is 20.2 Å². The molecule has 0 saturated heterocycles. The Hall–Kier alpha value is -2.15. The van der Waals surface area contributed by atoms with Crippen molar-refractivity contribution in [2.24, 2.45) is 0 Å². The van der Waals surface area contributed by atoms with Gasteiger partial charge in [0.15, 0.2) is 11.6 Å². The van der Waals surface area contributed by atoms with Gasteiger partial charge in [-0.3, -0.25) is 4.72 Å². The number of hydrogen-bond acceptors (Lipinski definition) is 3. The molecule has 4 nitrogen and oxygen atoms in total. The van der Waals surface area contributed by atoms with Crippen LogP contribution in [0, 0.1) is 18.6 Å². The number of aryl methyl sites for hydroxylation is 1. The molecule has 2 rings (SSSR count). The largest absolute Gasteiger partial charge is 0.399 e. The van der Waals surface area contributed by atoms with Crippen LogP contribution in [0.15, 0.2) is 41.3 Å². The minimum Gasteiger partial charge on any atom is -0.399 e. The zero-order chi connectivity index (χ0) is 14.9. The fourth-order valence-corrected chi connectivity index (χ4v) is 2.73. The van der Waals surface area contributed by atoms with Gasteiger partial charge in [-0.05, 0) is 42.8 Å². The number of anilines is 2. The van der Waals surface area contributed by atoms with Crippen LogP contribution in [0.3, 0.4) is 0 Å². The first-order valence-corrected chi connectivity index (χ1v) is 7.12. The maximum Gasteiger partial charge on any atom is 0.262 e. The van der Waals surface area contributed by atoms with Crippen molar-refractivity contribution in [3.8, 4) is 0 Å². The lowest BCUT2D eigenvalue weighted by molar-refractivity contribution is 0.504. The summed E-state index contributed by atoms with van der Waals surface area (Å²) in [6, 6.07) is 7.10. The number of hydrogen-bond donors (Lipinski definition) is 2. The Bertz CT molecular complexity index is 761. The smallest absolute Gasteiger partial charge is 0.262 e. The lowest BCUT2D eigenvalue weighted by atomic mass is 10.2. The second-order valence-corrected chi connectivity index (χ2v) is 5.94. The highest BCUT2D eigenvalue weighted by atomic mass is 32.2. The summed E-state index contributed by atoms with van der Waals surface area (Å²) in [6.45, 7) is 1.70. The van der Waals surface area contributed by atoms with Crippen molar-refractivity contribution in [1.29, 1.82) is 0 Å². The molecular formula is C13H12F2N2O2S. The van der Waals surface area contributed by atoms with Gasteiger partial charge in [-0.2, -0.15) is 0 Å². The summed E-state index contributed by atoms with van der Waals surface area (Å²) in [5.74, 6) is -2.33. The molecule has 0 saturated carbocycles. The van der Waals surface area contributed by atoms with Crippen molar-refractivity contribution in [1.82, 2.24) is 0 Å². The highest BCUT2D eigenvalue weighted by molar-refractivity contribution is 7.92. The molecule has 0 unspecified atom stereocenters. The molecule has 0 radical (unpaired) electrons. The van der Waals surface area contributed by atoms with Crippen LogP contribution in [0.2, 0.25) is 0 Å². The van der Waals surface area contributed by atoms with Gasteiger partial charge in [-0.25, -0.2) is 17.2 Å². The molecule has 106 valence electrons. The second kappa shape index (κ2) is 5.09. The fourth-order valence-electron chi connectivity index (χ4n) is 1.60. The first-order valence-electron chi connectivity index (χ1n) is 5.63. The summed E-state index contributed by atoms with van der Waals surface area (Å²) in [6.07, 6.45) is 0. The van der Waals surface area contributed by atoms with E-state index in [1.54, 1.807) is 19.1 Å². The molecule has 0 fully saturated rings. The number of nitrogens with two attached hydrogens (primary N) is 1. The minimum absolute atomic E-state index is 0.287. The van der Waals surface area contributed by atoms with E-state index in [1.165, 1.54) is 6.07 Å². The number of halogens is 2. The van der Waals surface area contributed by atoms with Crippen LogP contribution >= 0.6 is 0 Å². The standard InChI is InChI=1S/C13H12F2N2O2S/c1-8-2-3-9(16)6-13(8)17-20(18,19)10-4-5-11(14)12(15)7-10/h2-7,17H,16H2,1H3. The SMILES string of the molecule is Cc1ccc(N)cc1NS(=O)(=O)c1ccc(F)c(F)c1. The number of rotatable bonds is 3. The molecule has 3 N–H and O–H groups in total. The van der Waals surface area contributed by atoms with E-state index >= 15 is 0 Å². The predicted octanol–water partition coefficient (Wildman–Crippen LogP) is 2.66. The molecule has 0 aliphatic rings. The van der Waals surface area contributed by atoms with Gasteiger partial charge in [0.1, 0.15) is 0 Å². The third-order valence-electron chi connectivity index (χ3n) is 2.71. The highest BCUT2D eigenvalue weighted by Crippen LogP contribution is 2.22. The third-order valence-corrected chi connectivity index (χ3v) is 4.07. The van der Waals surface area contributed by atoms with Crippen LogP contribution < -0.4 is 10.5 Å². The summed E-state index contributed by atoms with van der Waals surface area (Å²) in [4.78, 5) is -0.363. The Morgan fingerprint density at radius 3 is 2.40 bits per heavy atom. The van der Waals surface area contributed by atoms with Gasteiger partial charge in [0.05, 0.1) is 10.6 Å². The van der Waals surface area contributed by atoms with Crippen molar-refractivity contribution < 1.29 is 17.2 Å². The molecule has 0 spiro atoms.